The van der Waals surface area contributed by atoms with E-state index < -0.39 is 0 Å². The zero-order valence-corrected chi connectivity index (χ0v) is 12.8. The normalized spacial score (nSPS) is 12.2. The van der Waals surface area contributed by atoms with Crippen LogP contribution in [-0.2, 0) is 9.53 Å². The van der Waals surface area contributed by atoms with Crippen molar-refractivity contribution in [2.45, 2.75) is 37.6 Å². The molecule has 0 heterocycles. The molecule has 0 aromatic heterocycles. The zero-order valence-electron chi connectivity index (χ0n) is 11.9. The molecule has 1 rings (SSSR count). The quantitative estimate of drug-likeness (QED) is 0.450. The van der Waals surface area contributed by atoms with Gasteiger partial charge in [-0.1, -0.05) is 25.5 Å². The molecule has 0 saturated carbocycles. The number of carbonyl (C=O) groups excluding carboxylic acids is 1. The van der Waals surface area contributed by atoms with Gasteiger partial charge in [-0.15, -0.1) is 11.8 Å². The first kappa shape index (κ1) is 16.1. The number of hydrogen-bond donors (Lipinski definition) is 1. The van der Waals surface area contributed by atoms with Crippen molar-refractivity contribution in [2.24, 2.45) is 0 Å². The highest BCUT2D eigenvalue weighted by atomic mass is 32.2. The summed E-state index contributed by atoms with van der Waals surface area (Å²) in [6.45, 7) is 4.73. The van der Waals surface area contributed by atoms with Gasteiger partial charge in [-0.3, -0.25) is 4.79 Å². The van der Waals surface area contributed by atoms with Gasteiger partial charge < -0.3 is 10.1 Å². The van der Waals surface area contributed by atoms with E-state index in [2.05, 4.69) is 31.3 Å². The van der Waals surface area contributed by atoms with Gasteiger partial charge in [0.1, 0.15) is 0 Å². The van der Waals surface area contributed by atoms with Crippen LogP contribution in [0.25, 0.3) is 0 Å². The van der Waals surface area contributed by atoms with E-state index in [-0.39, 0.29) is 5.97 Å². The monoisotopic (exact) mass is 281 g/mol. The Morgan fingerprint density at radius 1 is 1.47 bits per heavy atom. The summed E-state index contributed by atoms with van der Waals surface area (Å²) in [5.74, 6) is 0.242. The number of unbranched alkanes of at least 4 members (excludes halogenated alkanes) is 1. The fourth-order valence-electron chi connectivity index (χ4n) is 1.55. The molecule has 0 spiro atoms. The Labute approximate surface area is 120 Å². The molecule has 0 aliphatic heterocycles. The predicted molar refractivity (Wildman–Crippen MR) is 80.5 cm³/mol. The molecule has 19 heavy (non-hydrogen) atoms. The van der Waals surface area contributed by atoms with Crippen molar-refractivity contribution >= 4 is 17.7 Å². The largest absolute Gasteiger partial charge is 0.465 e. The molecule has 3 nitrogen and oxygen atoms in total. The molecule has 1 aromatic rings. The highest BCUT2D eigenvalue weighted by Crippen LogP contribution is 2.22. The molecule has 106 valence electrons. The van der Waals surface area contributed by atoms with Crippen LogP contribution >= 0.6 is 11.8 Å². The lowest BCUT2D eigenvalue weighted by atomic mass is 10.1. The van der Waals surface area contributed by atoms with Gasteiger partial charge in [0.2, 0.25) is 0 Å². The second-order valence-electron chi connectivity index (χ2n) is 4.45. The van der Waals surface area contributed by atoms with Gasteiger partial charge in [0.05, 0.1) is 12.4 Å². The average molecular weight is 281 g/mol. The van der Waals surface area contributed by atoms with E-state index in [1.807, 2.05) is 19.2 Å². The maximum Gasteiger partial charge on any atom is 0.316 e. The van der Waals surface area contributed by atoms with Crippen LogP contribution in [0.15, 0.2) is 29.2 Å². The minimum atomic E-state index is -0.134. The predicted octanol–water partition coefficient (Wildman–Crippen LogP) is 3.40. The molecule has 0 radical (unpaired) electrons. The summed E-state index contributed by atoms with van der Waals surface area (Å²) in [6.07, 6.45) is 1.98. The van der Waals surface area contributed by atoms with Crippen molar-refractivity contribution in [3.8, 4) is 0 Å². The van der Waals surface area contributed by atoms with E-state index in [1.54, 1.807) is 0 Å². The van der Waals surface area contributed by atoms with Crippen LogP contribution in [0.1, 0.15) is 38.3 Å². The van der Waals surface area contributed by atoms with Gasteiger partial charge >= 0.3 is 5.97 Å². The maximum absolute atomic E-state index is 11.5. The molecule has 0 bridgehead atoms. The molecule has 1 aromatic carbocycles. The number of rotatable bonds is 8. The van der Waals surface area contributed by atoms with Crippen molar-refractivity contribution < 1.29 is 9.53 Å². The average Bonchev–Trinajstić information content (AvgIpc) is 2.45. The number of benzene rings is 1. The second-order valence-corrected chi connectivity index (χ2v) is 5.49. The van der Waals surface area contributed by atoms with Gasteiger partial charge in [-0.2, -0.15) is 0 Å². The molecule has 1 unspecified atom stereocenters. The summed E-state index contributed by atoms with van der Waals surface area (Å²) in [7, 11) is 1.94. The fraction of sp³-hybridized carbons (Fsp3) is 0.533. The fourth-order valence-corrected chi connectivity index (χ4v) is 2.32. The van der Waals surface area contributed by atoms with Gasteiger partial charge in [-0.25, -0.2) is 0 Å². The highest BCUT2D eigenvalue weighted by molar-refractivity contribution is 8.00. The second kappa shape index (κ2) is 8.99. The third kappa shape index (κ3) is 6.12. The smallest absolute Gasteiger partial charge is 0.316 e. The number of esters is 1. The van der Waals surface area contributed by atoms with E-state index in [4.69, 9.17) is 4.74 Å². The van der Waals surface area contributed by atoms with Crippen LogP contribution in [0.5, 0.6) is 0 Å². The van der Waals surface area contributed by atoms with E-state index in [1.165, 1.54) is 17.3 Å². The molecule has 0 aliphatic rings. The van der Waals surface area contributed by atoms with E-state index in [0.29, 0.717) is 18.4 Å². The first-order valence-corrected chi connectivity index (χ1v) is 7.71. The van der Waals surface area contributed by atoms with Gasteiger partial charge in [0.25, 0.3) is 0 Å². The third-order valence-electron chi connectivity index (χ3n) is 2.91. The van der Waals surface area contributed by atoms with Gasteiger partial charge in [-0.05, 0) is 38.1 Å². The Kier molecular flexibility index (Phi) is 7.60. The lowest BCUT2D eigenvalue weighted by Crippen LogP contribution is -2.12. The first-order chi connectivity index (χ1) is 9.17. The van der Waals surface area contributed by atoms with Crippen molar-refractivity contribution in [1.29, 1.82) is 0 Å². The lowest BCUT2D eigenvalue weighted by Gasteiger charge is -2.11. The van der Waals surface area contributed by atoms with Crippen LogP contribution < -0.4 is 5.32 Å². The molecular formula is C15H23NO2S. The van der Waals surface area contributed by atoms with E-state index >= 15 is 0 Å². The van der Waals surface area contributed by atoms with Crippen LogP contribution in [0.2, 0.25) is 0 Å². The molecule has 0 saturated heterocycles. The SMILES string of the molecule is CCCCOC(=O)CSc1cccc(C(C)NC)c1. The Morgan fingerprint density at radius 2 is 2.26 bits per heavy atom. The van der Waals surface area contributed by atoms with E-state index in [0.717, 1.165) is 17.7 Å². The minimum Gasteiger partial charge on any atom is -0.465 e. The van der Waals surface area contributed by atoms with Crippen LogP contribution in [0.3, 0.4) is 0 Å². The number of hydrogen-bond acceptors (Lipinski definition) is 4. The van der Waals surface area contributed by atoms with Gasteiger partial charge in [0.15, 0.2) is 0 Å². The Morgan fingerprint density at radius 3 is 2.95 bits per heavy atom. The van der Waals surface area contributed by atoms with Crippen LogP contribution in [0.4, 0.5) is 0 Å². The Bertz CT molecular complexity index is 395. The standard InChI is InChI=1S/C15H23NO2S/c1-4-5-9-18-15(17)11-19-14-8-6-7-13(10-14)12(2)16-3/h6-8,10,12,16H,4-5,9,11H2,1-3H3. The number of thioether (sulfide) groups is 1. The highest BCUT2D eigenvalue weighted by Gasteiger charge is 2.06. The number of nitrogens with one attached hydrogen (secondary N) is 1. The summed E-state index contributed by atoms with van der Waals surface area (Å²) in [5, 5.41) is 3.21. The molecule has 0 fully saturated rings. The topological polar surface area (TPSA) is 38.3 Å². The maximum atomic E-state index is 11.5. The summed E-state index contributed by atoms with van der Waals surface area (Å²) < 4.78 is 5.13. The van der Waals surface area contributed by atoms with Crippen molar-refractivity contribution in [1.82, 2.24) is 5.32 Å². The van der Waals surface area contributed by atoms with Crippen molar-refractivity contribution in [3.63, 3.8) is 0 Å². The third-order valence-corrected chi connectivity index (χ3v) is 3.88. The summed E-state index contributed by atoms with van der Waals surface area (Å²) in [6, 6.07) is 8.57. The molecular weight excluding hydrogens is 258 g/mol. The molecule has 1 N–H and O–H groups in total. The zero-order chi connectivity index (χ0) is 14.1. The molecule has 1 atom stereocenters. The first-order valence-electron chi connectivity index (χ1n) is 6.73. The van der Waals surface area contributed by atoms with Crippen LogP contribution in [0, 0.1) is 0 Å². The summed E-state index contributed by atoms with van der Waals surface area (Å²) in [4.78, 5) is 12.6. The molecule has 0 aliphatic carbocycles. The van der Waals surface area contributed by atoms with E-state index in [9.17, 15) is 4.79 Å². The number of ether oxygens (including phenoxy) is 1. The van der Waals surface area contributed by atoms with Crippen molar-refractivity contribution in [2.75, 3.05) is 19.4 Å². The number of carbonyl (C=O) groups is 1. The Balaban J connectivity index is 2.42. The van der Waals surface area contributed by atoms with Gasteiger partial charge in [0, 0.05) is 10.9 Å². The molecule has 0 amide bonds. The van der Waals surface area contributed by atoms with Crippen molar-refractivity contribution in [3.05, 3.63) is 29.8 Å². The molecule has 4 heteroatoms. The Hall–Kier alpha value is -1.00. The van der Waals surface area contributed by atoms with Crippen LogP contribution in [-0.4, -0.2) is 25.4 Å². The minimum absolute atomic E-state index is 0.134. The summed E-state index contributed by atoms with van der Waals surface area (Å²) in [5.41, 5.74) is 1.23. The lowest BCUT2D eigenvalue weighted by molar-refractivity contribution is -0.140. The summed E-state index contributed by atoms with van der Waals surface area (Å²) >= 11 is 1.53.